The van der Waals surface area contributed by atoms with E-state index < -0.39 is 0 Å². The number of aliphatic hydroxyl groups excluding tert-OH is 1. The van der Waals surface area contributed by atoms with Gasteiger partial charge in [0.25, 0.3) is 0 Å². The van der Waals surface area contributed by atoms with Gasteiger partial charge in [-0.3, -0.25) is 0 Å². The monoisotopic (exact) mass is 207 g/mol. The van der Waals surface area contributed by atoms with E-state index >= 15 is 0 Å². The summed E-state index contributed by atoms with van der Waals surface area (Å²) in [6.07, 6.45) is 3.50. The van der Waals surface area contributed by atoms with Crippen molar-refractivity contribution in [3.8, 4) is 0 Å². The first-order chi connectivity index (χ1) is 7.20. The number of rotatable bonds is 2. The smallest absolute Gasteiger partial charge is 0.152 e. The van der Waals surface area contributed by atoms with E-state index in [1.165, 1.54) is 0 Å². The minimum Gasteiger partial charge on any atom is -0.396 e. The third-order valence-electron chi connectivity index (χ3n) is 2.95. The van der Waals surface area contributed by atoms with Crippen molar-refractivity contribution in [2.75, 3.05) is 17.2 Å². The zero-order chi connectivity index (χ0) is 10.8. The van der Waals surface area contributed by atoms with Crippen LogP contribution in [0.4, 0.5) is 11.5 Å². The molecule has 1 saturated heterocycles. The number of nitrogens with two attached hydrogens (primary N) is 1. The van der Waals surface area contributed by atoms with Gasteiger partial charge in [-0.25, -0.2) is 4.98 Å². The van der Waals surface area contributed by atoms with E-state index in [4.69, 9.17) is 5.73 Å². The first-order valence-electron chi connectivity index (χ1n) is 5.35. The summed E-state index contributed by atoms with van der Waals surface area (Å²) < 4.78 is 0. The van der Waals surface area contributed by atoms with Crippen LogP contribution in [-0.2, 0) is 0 Å². The van der Waals surface area contributed by atoms with Crippen LogP contribution in [0, 0.1) is 0 Å². The Kier molecular flexibility index (Phi) is 2.77. The molecule has 3 N–H and O–H groups in total. The molecule has 2 heterocycles. The van der Waals surface area contributed by atoms with E-state index in [0.717, 1.165) is 25.2 Å². The summed E-state index contributed by atoms with van der Waals surface area (Å²) >= 11 is 0. The number of pyridine rings is 1. The van der Waals surface area contributed by atoms with Crippen molar-refractivity contribution in [1.82, 2.24) is 4.98 Å². The molecular formula is C11H17N3O. The lowest BCUT2D eigenvalue weighted by atomic mass is 10.1. The number of aromatic nitrogens is 1. The first kappa shape index (κ1) is 10.2. The molecule has 1 aromatic rings. The summed E-state index contributed by atoms with van der Waals surface area (Å²) in [5.41, 5.74) is 6.56. The molecule has 2 atom stereocenters. The van der Waals surface area contributed by atoms with E-state index in [1.54, 1.807) is 6.20 Å². The van der Waals surface area contributed by atoms with Gasteiger partial charge in [-0.1, -0.05) is 0 Å². The standard InChI is InChI=1S/C11H17N3O/c1-8(15)10-5-3-7-14(10)11-9(12)4-2-6-13-11/h2,4,6,8,10,15H,3,5,7,12H2,1H3/t8-,10+/m0/s1. The van der Waals surface area contributed by atoms with Crippen molar-refractivity contribution in [2.45, 2.75) is 31.9 Å². The zero-order valence-corrected chi connectivity index (χ0v) is 8.93. The number of hydrogen-bond acceptors (Lipinski definition) is 4. The first-order valence-corrected chi connectivity index (χ1v) is 5.35. The van der Waals surface area contributed by atoms with Crippen LogP contribution in [0.25, 0.3) is 0 Å². The van der Waals surface area contributed by atoms with Gasteiger partial charge in [0, 0.05) is 12.7 Å². The van der Waals surface area contributed by atoms with Crippen molar-refractivity contribution >= 4 is 11.5 Å². The largest absolute Gasteiger partial charge is 0.396 e. The lowest BCUT2D eigenvalue weighted by Gasteiger charge is -2.28. The predicted molar refractivity (Wildman–Crippen MR) is 60.7 cm³/mol. The minimum atomic E-state index is -0.339. The number of hydrogen-bond donors (Lipinski definition) is 2. The van der Waals surface area contributed by atoms with Crippen molar-refractivity contribution in [3.63, 3.8) is 0 Å². The summed E-state index contributed by atoms with van der Waals surface area (Å²) in [5, 5.41) is 9.66. The molecule has 4 heteroatoms. The fraction of sp³-hybridized carbons (Fsp3) is 0.545. The van der Waals surface area contributed by atoms with Crippen LogP contribution in [0.3, 0.4) is 0 Å². The lowest BCUT2D eigenvalue weighted by Crippen LogP contribution is -2.38. The molecule has 1 aliphatic rings. The molecule has 0 saturated carbocycles. The number of anilines is 2. The van der Waals surface area contributed by atoms with Crippen molar-refractivity contribution in [3.05, 3.63) is 18.3 Å². The van der Waals surface area contributed by atoms with Gasteiger partial charge in [0.15, 0.2) is 5.82 Å². The molecule has 82 valence electrons. The van der Waals surface area contributed by atoms with E-state index in [1.807, 2.05) is 19.1 Å². The van der Waals surface area contributed by atoms with E-state index in [2.05, 4.69) is 9.88 Å². The Hall–Kier alpha value is -1.29. The maximum Gasteiger partial charge on any atom is 0.152 e. The van der Waals surface area contributed by atoms with Crippen molar-refractivity contribution in [1.29, 1.82) is 0 Å². The van der Waals surface area contributed by atoms with Gasteiger partial charge in [0.05, 0.1) is 17.8 Å². The molecule has 0 unspecified atom stereocenters. The molecule has 1 fully saturated rings. The quantitative estimate of drug-likeness (QED) is 0.760. The minimum absolute atomic E-state index is 0.155. The number of nitrogens with zero attached hydrogens (tertiary/aromatic N) is 2. The second kappa shape index (κ2) is 4.06. The average molecular weight is 207 g/mol. The molecule has 15 heavy (non-hydrogen) atoms. The summed E-state index contributed by atoms with van der Waals surface area (Å²) in [6, 6.07) is 3.83. The van der Waals surface area contributed by atoms with Gasteiger partial charge in [-0.15, -0.1) is 0 Å². The van der Waals surface area contributed by atoms with E-state index in [-0.39, 0.29) is 12.1 Å². The second-order valence-corrected chi connectivity index (χ2v) is 4.06. The molecule has 0 aliphatic carbocycles. The SMILES string of the molecule is C[C@H](O)[C@H]1CCCN1c1ncccc1N. The molecular weight excluding hydrogens is 190 g/mol. The van der Waals surface area contributed by atoms with Crippen LogP contribution in [-0.4, -0.2) is 28.8 Å². The van der Waals surface area contributed by atoms with Crippen LogP contribution in [0.2, 0.25) is 0 Å². The Labute approximate surface area is 89.7 Å². The Bertz CT molecular complexity index is 340. The van der Waals surface area contributed by atoms with Gasteiger partial charge in [-0.2, -0.15) is 0 Å². The lowest BCUT2D eigenvalue weighted by molar-refractivity contribution is 0.164. The molecule has 4 nitrogen and oxygen atoms in total. The average Bonchev–Trinajstić information content (AvgIpc) is 2.67. The van der Waals surface area contributed by atoms with Gasteiger partial charge < -0.3 is 15.7 Å². The molecule has 1 aliphatic heterocycles. The molecule has 0 spiro atoms. The Morgan fingerprint density at radius 1 is 1.67 bits per heavy atom. The fourth-order valence-electron chi connectivity index (χ4n) is 2.21. The van der Waals surface area contributed by atoms with Gasteiger partial charge in [0.2, 0.25) is 0 Å². The topological polar surface area (TPSA) is 62.4 Å². The maximum atomic E-state index is 9.66. The second-order valence-electron chi connectivity index (χ2n) is 4.06. The van der Waals surface area contributed by atoms with Crippen LogP contribution in [0.5, 0.6) is 0 Å². The normalized spacial score (nSPS) is 23.1. The van der Waals surface area contributed by atoms with Crippen molar-refractivity contribution in [2.24, 2.45) is 0 Å². The van der Waals surface area contributed by atoms with Gasteiger partial charge in [-0.05, 0) is 31.9 Å². The van der Waals surface area contributed by atoms with E-state index in [9.17, 15) is 5.11 Å². The highest BCUT2D eigenvalue weighted by Gasteiger charge is 2.29. The van der Waals surface area contributed by atoms with Crippen LogP contribution in [0.1, 0.15) is 19.8 Å². The molecule has 1 aromatic heterocycles. The third-order valence-corrected chi connectivity index (χ3v) is 2.95. The van der Waals surface area contributed by atoms with Gasteiger partial charge >= 0.3 is 0 Å². The highest BCUT2D eigenvalue weighted by atomic mass is 16.3. The van der Waals surface area contributed by atoms with Crippen LogP contribution >= 0.6 is 0 Å². The number of aliphatic hydroxyl groups is 1. The molecule has 0 amide bonds. The predicted octanol–water partition coefficient (Wildman–Crippen LogP) is 1.01. The molecule has 0 aromatic carbocycles. The highest BCUT2D eigenvalue weighted by Crippen LogP contribution is 2.29. The summed E-state index contributed by atoms with van der Waals surface area (Å²) in [4.78, 5) is 6.39. The van der Waals surface area contributed by atoms with Crippen LogP contribution in [0.15, 0.2) is 18.3 Å². The summed E-state index contributed by atoms with van der Waals surface area (Å²) in [6.45, 7) is 2.75. The zero-order valence-electron chi connectivity index (χ0n) is 8.93. The number of nitrogen functional groups attached to an aromatic ring is 1. The Balaban J connectivity index is 2.27. The highest BCUT2D eigenvalue weighted by molar-refractivity contribution is 5.63. The summed E-state index contributed by atoms with van der Waals surface area (Å²) in [5.74, 6) is 0.806. The molecule has 0 bridgehead atoms. The molecule has 2 rings (SSSR count). The Morgan fingerprint density at radius 2 is 2.47 bits per heavy atom. The molecule has 0 radical (unpaired) electrons. The Morgan fingerprint density at radius 3 is 3.13 bits per heavy atom. The van der Waals surface area contributed by atoms with Crippen molar-refractivity contribution < 1.29 is 5.11 Å². The van der Waals surface area contributed by atoms with Gasteiger partial charge in [0.1, 0.15) is 0 Å². The maximum absolute atomic E-state index is 9.66. The third kappa shape index (κ3) is 1.90. The fourth-order valence-corrected chi connectivity index (χ4v) is 2.21. The van der Waals surface area contributed by atoms with Crippen LogP contribution < -0.4 is 10.6 Å². The van der Waals surface area contributed by atoms with E-state index in [0.29, 0.717) is 5.69 Å². The summed E-state index contributed by atoms with van der Waals surface area (Å²) in [7, 11) is 0.